The van der Waals surface area contributed by atoms with Gasteiger partial charge in [0.05, 0.1) is 11.3 Å². The first-order valence-corrected chi connectivity index (χ1v) is 7.59. The molecule has 1 N–H and O–H groups in total. The largest absolute Gasteiger partial charge is 0.325 e. The van der Waals surface area contributed by atoms with E-state index in [2.05, 4.69) is 15.3 Å². The van der Waals surface area contributed by atoms with Crippen molar-refractivity contribution in [3.05, 3.63) is 60.7 Å². The quantitative estimate of drug-likeness (QED) is 0.591. The normalized spacial score (nSPS) is 10.6. The van der Waals surface area contributed by atoms with E-state index in [-0.39, 0.29) is 17.5 Å². The molecular formula is C16H12FN3OS. The summed E-state index contributed by atoms with van der Waals surface area (Å²) in [6, 6.07) is 13.4. The SMILES string of the molecule is O=C(CSc1ncnc2ccccc12)Nc1cccc(F)c1. The molecule has 3 rings (SSSR count). The highest BCUT2D eigenvalue weighted by Crippen LogP contribution is 2.24. The van der Waals surface area contributed by atoms with Gasteiger partial charge in [0.25, 0.3) is 0 Å². The van der Waals surface area contributed by atoms with Crippen LogP contribution in [0, 0.1) is 5.82 Å². The monoisotopic (exact) mass is 313 g/mol. The van der Waals surface area contributed by atoms with Crippen molar-refractivity contribution in [1.29, 1.82) is 0 Å². The fourth-order valence-electron chi connectivity index (χ4n) is 1.99. The number of para-hydroxylation sites is 1. The van der Waals surface area contributed by atoms with Crippen LogP contribution in [0.4, 0.5) is 10.1 Å². The molecule has 0 radical (unpaired) electrons. The Bertz CT molecular complexity index is 820. The predicted molar refractivity (Wildman–Crippen MR) is 85.3 cm³/mol. The van der Waals surface area contributed by atoms with Crippen molar-refractivity contribution >= 4 is 34.3 Å². The summed E-state index contributed by atoms with van der Waals surface area (Å²) in [5.74, 6) is -0.400. The lowest BCUT2D eigenvalue weighted by molar-refractivity contribution is -0.113. The molecule has 1 amide bonds. The Morgan fingerprint density at radius 2 is 2.00 bits per heavy atom. The van der Waals surface area contributed by atoms with Crippen LogP contribution in [0.15, 0.2) is 59.9 Å². The summed E-state index contributed by atoms with van der Waals surface area (Å²) in [6.07, 6.45) is 1.48. The minimum Gasteiger partial charge on any atom is -0.325 e. The van der Waals surface area contributed by atoms with Crippen molar-refractivity contribution in [2.75, 3.05) is 11.1 Å². The molecule has 0 saturated heterocycles. The van der Waals surface area contributed by atoms with Crippen LogP contribution in [0.25, 0.3) is 10.9 Å². The zero-order chi connectivity index (χ0) is 15.4. The van der Waals surface area contributed by atoms with Gasteiger partial charge in [0.1, 0.15) is 17.2 Å². The Hall–Kier alpha value is -2.47. The number of benzene rings is 2. The highest BCUT2D eigenvalue weighted by Gasteiger charge is 2.08. The van der Waals surface area contributed by atoms with Gasteiger partial charge in [-0.2, -0.15) is 0 Å². The molecule has 0 saturated carbocycles. The summed E-state index contributed by atoms with van der Waals surface area (Å²) in [6.45, 7) is 0. The van der Waals surface area contributed by atoms with Crippen molar-refractivity contribution in [2.45, 2.75) is 5.03 Å². The number of carbonyl (C=O) groups excluding carboxylic acids is 1. The van der Waals surface area contributed by atoms with Crippen molar-refractivity contribution in [2.24, 2.45) is 0 Å². The third-order valence-corrected chi connectivity index (χ3v) is 3.96. The van der Waals surface area contributed by atoms with Crippen LogP contribution in [-0.4, -0.2) is 21.6 Å². The summed E-state index contributed by atoms with van der Waals surface area (Å²) in [4.78, 5) is 20.3. The van der Waals surface area contributed by atoms with E-state index in [1.165, 1.54) is 30.2 Å². The Balaban J connectivity index is 1.68. The second-order valence-corrected chi connectivity index (χ2v) is 5.51. The van der Waals surface area contributed by atoms with Gasteiger partial charge in [-0.25, -0.2) is 14.4 Å². The lowest BCUT2D eigenvalue weighted by atomic mass is 10.2. The molecule has 0 fully saturated rings. The second kappa shape index (κ2) is 6.53. The minimum absolute atomic E-state index is 0.192. The van der Waals surface area contributed by atoms with E-state index in [1.54, 1.807) is 12.1 Å². The second-order valence-electron chi connectivity index (χ2n) is 4.54. The molecule has 0 aliphatic rings. The molecule has 0 unspecified atom stereocenters. The molecule has 22 heavy (non-hydrogen) atoms. The van der Waals surface area contributed by atoms with Gasteiger partial charge in [-0.05, 0) is 24.3 Å². The van der Waals surface area contributed by atoms with Gasteiger partial charge in [-0.15, -0.1) is 0 Å². The van der Waals surface area contributed by atoms with Crippen molar-refractivity contribution in [3.63, 3.8) is 0 Å². The van der Waals surface area contributed by atoms with Crippen molar-refractivity contribution < 1.29 is 9.18 Å². The fourth-order valence-corrected chi connectivity index (χ4v) is 2.78. The standard InChI is InChI=1S/C16H12FN3OS/c17-11-4-3-5-12(8-11)20-15(21)9-22-16-13-6-1-2-7-14(13)18-10-19-16/h1-8,10H,9H2,(H,20,21). The van der Waals surface area contributed by atoms with E-state index >= 15 is 0 Å². The van der Waals surface area contributed by atoms with Crippen LogP contribution < -0.4 is 5.32 Å². The summed E-state index contributed by atoms with van der Waals surface area (Å²) in [7, 11) is 0. The predicted octanol–water partition coefficient (Wildman–Crippen LogP) is 3.50. The maximum Gasteiger partial charge on any atom is 0.234 e. The highest BCUT2D eigenvalue weighted by atomic mass is 32.2. The minimum atomic E-state index is -0.382. The number of anilines is 1. The molecule has 1 heterocycles. The molecule has 4 nitrogen and oxygen atoms in total. The van der Waals surface area contributed by atoms with Crippen LogP contribution in [-0.2, 0) is 4.79 Å². The summed E-state index contributed by atoms with van der Waals surface area (Å²) >= 11 is 1.32. The van der Waals surface area contributed by atoms with Crippen LogP contribution in [0.2, 0.25) is 0 Å². The molecule has 0 atom stereocenters. The fraction of sp³-hybridized carbons (Fsp3) is 0.0625. The average molecular weight is 313 g/mol. The van der Waals surface area contributed by atoms with Gasteiger partial charge in [-0.1, -0.05) is 36.0 Å². The van der Waals surface area contributed by atoms with E-state index in [0.29, 0.717) is 5.69 Å². The summed E-state index contributed by atoms with van der Waals surface area (Å²) < 4.78 is 13.1. The number of carbonyl (C=O) groups is 1. The Kier molecular flexibility index (Phi) is 4.29. The first-order valence-electron chi connectivity index (χ1n) is 6.60. The third-order valence-electron chi connectivity index (χ3n) is 2.95. The Labute approximate surface area is 130 Å². The van der Waals surface area contributed by atoms with E-state index in [1.807, 2.05) is 24.3 Å². The first-order chi connectivity index (χ1) is 10.7. The number of halogens is 1. The molecule has 110 valence electrons. The van der Waals surface area contributed by atoms with E-state index in [0.717, 1.165) is 15.9 Å². The number of thioether (sulfide) groups is 1. The molecule has 6 heteroatoms. The average Bonchev–Trinajstić information content (AvgIpc) is 2.53. The first kappa shape index (κ1) is 14.5. The number of nitrogens with one attached hydrogen (secondary N) is 1. The zero-order valence-electron chi connectivity index (χ0n) is 11.5. The van der Waals surface area contributed by atoms with Crippen molar-refractivity contribution in [1.82, 2.24) is 9.97 Å². The summed E-state index contributed by atoms with van der Waals surface area (Å²) in [5.41, 5.74) is 1.28. The number of amides is 1. The number of aromatic nitrogens is 2. The molecule has 0 aliphatic heterocycles. The van der Waals surface area contributed by atoms with Gasteiger partial charge >= 0.3 is 0 Å². The number of hydrogen-bond acceptors (Lipinski definition) is 4. The lowest BCUT2D eigenvalue weighted by Gasteiger charge is -2.06. The third kappa shape index (κ3) is 3.40. The number of rotatable bonds is 4. The number of fused-ring (bicyclic) bond motifs is 1. The molecule has 2 aromatic carbocycles. The number of hydrogen-bond donors (Lipinski definition) is 1. The van der Waals surface area contributed by atoms with Crippen LogP contribution >= 0.6 is 11.8 Å². The molecule has 0 bridgehead atoms. The van der Waals surface area contributed by atoms with Crippen LogP contribution in [0.3, 0.4) is 0 Å². The zero-order valence-corrected chi connectivity index (χ0v) is 12.3. The Morgan fingerprint density at radius 3 is 2.86 bits per heavy atom. The van der Waals surface area contributed by atoms with Gasteiger partial charge in [0.15, 0.2) is 0 Å². The van der Waals surface area contributed by atoms with E-state index in [9.17, 15) is 9.18 Å². The van der Waals surface area contributed by atoms with Crippen molar-refractivity contribution in [3.8, 4) is 0 Å². The topological polar surface area (TPSA) is 54.9 Å². The number of nitrogens with zero attached hydrogens (tertiary/aromatic N) is 2. The van der Waals surface area contributed by atoms with Crippen LogP contribution in [0.5, 0.6) is 0 Å². The van der Waals surface area contributed by atoms with E-state index in [4.69, 9.17) is 0 Å². The maximum absolute atomic E-state index is 13.1. The lowest BCUT2D eigenvalue weighted by Crippen LogP contribution is -2.14. The molecule has 0 spiro atoms. The molecule has 1 aromatic heterocycles. The molecule has 3 aromatic rings. The van der Waals surface area contributed by atoms with Gasteiger partial charge in [0.2, 0.25) is 5.91 Å². The summed E-state index contributed by atoms with van der Waals surface area (Å²) in [5, 5.41) is 4.32. The Morgan fingerprint density at radius 1 is 1.14 bits per heavy atom. The van der Waals surface area contributed by atoms with Gasteiger partial charge in [-0.3, -0.25) is 4.79 Å². The highest BCUT2D eigenvalue weighted by molar-refractivity contribution is 8.00. The van der Waals surface area contributed by atoms with E-state index < -0.39 is 0 Å². The molecule has 0 aliphatic carbocycles. The van der Waals surface area contributed by atoms with Gasteiger partial charge < -0.3 is 5.32 Å². The molecular weight excluding hydrogens is 301 g/mol. The van der Waals surface area contributed by atoms with Crippen LogP contribution in [0.1, 0.15) is 0 Å². The smallest absolute Gasteiger partial charge is 0.234 e. The van der Waals surface area contributed by atoms with Gasteiger partial charge in [0, 0.05) is 11.1 Å². The maximum atomic E-state index is 13.1.